The van der Waals surface area contributed by atoms with Crippen molar-refractivity contribution in [2.75, 3.05) is 6.26 Å². The summed E-state index contributed by atoms with van der Waals surface area (Å²) in [6, 6.07) is 13.1. The second-order valence-corrected chi connectivity index (χ2v) is 6.84. The second-order valence-electron chi connectivity index (χ2n) is 5.96. The van der Waals surface area contributed by atoms with Gasteiger partial charge in [-0.1, -0.05) is 12.1 Å². The van der Waals surface area contributed by atoms with E-state index in [1.165, 1.54) is 21.6 Å². The zero-order chi connectivity index (χ0) is 19.7. The van der Waals surface area contributed by atoms with Crippen molar-refractivity contribution in [1.29, 1.82) is 5.26 Å². The van der Waals surface area contributed by atoms with Crippen molar-refractivity contribution >= 4 is 17.4 Å². The Balaban J connectivity index is 1.93. The van der Waals surface area contributed by atoms with Crippen molar-refractivity contribution in [3.63, 3.8) is 0 Å². The first-order valence-corrected chi connectivity index (χ1v) is 9.56. The third-order valence-electron chi connectivity index (χ3n) is 4.24. The van der Waals surface area contributed by atoms with E-state index in [0.717, 1.165) is 10.5 Å². The maximum absolute atomic E-state index is 13.1. The van der Waals surface area contributed by atoms with Gasteiger partial charge in [-0.25, -0.2) is 23.3 Å². The van der Waals surface area contributed by atoms with E-state index in [9.17, 15) is 14.0 Å². The SMILES string of the molecule is CSc1cccc(-c2ncn(CC(F)F)c2-c2ccc3ncc(C#N)n3n2)c1. The average Bonchev–Trinajstić information content (AvgIpc) is 3.30. The van der Waals surface area contributed by atoms with Gasteiger partial charge in [0.2, 0.25) is 0 Å². The van der Waals surface area contributed by atoms with Crippen molar-refractivity contribution in [2.45, 2.75) is 17.9 Å². The largest absolute Gasteiger partial charge is 0.323 e. The summed E-state index contributed by atoms with van der Waals surface area (Å²) in [7, 11) is 0. The number of hydrogen-bond donors (Lipinski definition) is 0. The number of alkyl halides is 2. The van der Waals surface area contributed by atoms with Crippen LogP contribution < -0.4 is 0 Å². The number of hydrogen-bond acceptors (Lipinski definition) is 5. The van der Waals surface area contributed by atoms with Gasteiger partial charge in [-0.15, -0.1) is 11.8 Å². The lowest BCUT2D eigenvalue weighted by Gasteiger charge is -2.10. The molecule has 0 spiro atoms. The van der Waals surface area contributed by atoms with E-state index in [2.05, 4.69) is 15.1 Å². The fourth-order valence-electron chi connectivity index (χ4n) is 3.00. The van der Waals surface area contributed by atoms with Gasteiger partial charge in [-0.2, -0.15) is 10.4 Å². The van der Waals surface area contributed by atoms with E-state index >= 15 is 0 Å². The summed E-state index contributed by atoms with van der Waals surface area (Å²) in [5.41, 5.74) is 3.04. The number of benzene rings is 1. The molecule has 0 saturated heterocycles. The van der Waals surface area contributed by atoms with Gasteiger partial charge in [0.25, 0.3) is 6.43 Å². The lowest BCUT2D eigenvalue weighted by Crippen LogP contribution is -2.08. The molecule has 0 aliphatic carbocycles. The monoisotopic (exact) mass is 396 g/mol. The van der Waals surface area contributed by atoms with Crippen LogP contribution in [0.3, 0.4) is 0 Å². The molecule has 0 aliphatic rings. The fourth-order valence-corrected chi connectivity index (χ4v) is 3.45. The highest BCUT2D eigenvalue weighted by Crippen LogP contribution is 2.32. The summed E-state index contributed by atoms with van der Waals surface area (Å²) < 4.78 is 29.1. The molecule has 0 amide bonds. The average molecular weight is 396 g/mol. The zero-order valence-electron chi connectivity index (χ0n) is 14.8. The molecule has 3 aromatic heterocycles. The molecule has 0 fully saturated rings. The molecule has 0 aliphatic heterocycles. The molecule has 0 bridgehead atoms. The Bertz CT molecular complexity index is 1190. The van der Waals surface area contributed by atoms with Crippen LogP contribution in [0.4, 0.5) is 8.78 Å². The number of nitriles is 1. The van der Waals surface area contributed by atoms with Crippen LogP contribution in [0.15, 0.2) is 53.8 Å². The number of thioether (sulfide) groups is 1. The second kappa shape index (κ2) is 7.40. The molecule has 3 heterocycles. The van der Waals surface area contributed by atoms with Crippen LogP contribution in [0.2, 0.25) is 0 Å². The molecule has 9 heteroatoms. The van der Waals surface area contributed by atoms with Crippen molar-refractivity contribution in [2.24, 2.45) is 0 Å². The van der Waals surface area contributed by atoms with Gasteiger partial charge >= 0.3 is 0 Å². The molecule has 28 heavy (non-hydrogen) atoms. The number of rotatable bonds is 5. The van der Waals surface area contributed by atoms with Gasteiger partial charge in [0.15, 0.2) is 11.3 Å². The number of nitrogens with zero attached hydrogens (tertiary/aromatic N) is 6. The molecule has 0 radical (unpaired) electrons. The minimum absolute atomic E-state index is 0.266. The molecular formula is C19H14F2N6S. The predicted octanol–water partition coefficient (Wildman–Crippen LogP) is 4.12. The molecule has 0 unspecified atom stereocenters. The van der Waals surface area contributed by atoms with E-state index in [1.54, 1.807) is 23.9 Å². The molecule has 4 aromatic rings. The first kappa shape index (κ1) is 18.1. The Morgan fingerprint density at radius 1 is 1.21 bits per heavy atom. The van der Waals surface area contributed by atoms with Crippen LogP contribution in [0, 0.1) is 11.3 Å². The maximum atomic E-state index is 13.1. The summed E-state index contributed by atoms with van der Waals surface area (Å²) >= 11 is 1.59. The molecule has 0 saturated carbocycles. The van der Waals surface area contributed by atoms with Crippen LogP contribution >= 0.6 is 11.8 Å². The summed E-state index contributed by atoms with van der Waals surface area (Å²) in [5.74, 6) is 0. The summed E-state index contributed by atoms with van der Waals surface area (Å²) in [6.45, 7) is -0.501. The number of aromatic nitrogens is 5. The smallest absolute Gasteiger partial charge is 0.256 e. The van der Waals surface area contributed by atoms with Gasteiger partial charge in [0.05, 0.1) is 30.5 Å². The third kappa shape index (κ3) is 3.23. The van der Waals surface area contributed by atoms with Crippen LogP contribution in [0.25, 0.3) is 28.3 Å². The first-order valence-electron chi connectivity index (χ1n) is 8.33. The highest BCUT2D eigenvalue weighted by Gasteiger charge is 2.20. The van der Waals surface area contributed by atoms with E-state index in [1.807, 2.05) is 36.6 Å². The molecule has 0 N–H and O–H groups in total. The van der Waals surface area contributed by atoms with E-state index < -0.39 is 13.0 Å². The van der Waals surface area contributed by atoms with Crippen molar-refractivity contribution in [3.8, 4) is 28.7 Å². The van der Waals surface area contributed by atoms with E-state index in [4.69, 9.17) is 0 Å². The summed E-state index contributed by atoms with van der Waals surface area (Å²) in [6.07, 6.45) is 2.25. The van der Waals surface area contributed by atoms with Gasteiger partial charge in [0, 0.05) is 10.5 Å². The number of imidazole rings is 2. The maximum Gasteiger partial charge on any atom is 0.256 e. The quantitative estimate of drug-likeness (QED) is 0.475. The Morgan fingerprint density at radius 2 is 2.07 bits per heavy atom. The highest BCUT2D eigenvalue weighted by atomic mass is 32.2. The number of halogens is 2. The third-order valence-corrected chi connectivity index (χ3v) is 4.96. The first-order chi connectivity index (χ1) is 13.6. The lowest BCUT2D eigenvalue weighted by molar-refractivity contribution is 0.127. The molecule has 1 aromatic carbocycles. The normalized spacial score (nSPS) is 11.2. The van der Waals surface area contributed by atoms with Gasteiger partial charge in [-0.3, -0.25) is 0 Å². The Morgan fingerprint density at radius 3 is 2.82 bits per heavy atom. The van der Waals surface area contributed by atoms with Crippen LogP contribution in [-0.4, -0.2) is 36.8 Å². The zero-order valence-corrected chi connectivity index (χ0v) is 15.6. The summed E-state index contributed by atoms with van der Waals surface area (Å²) in [5, 5.41) is 13.7. The molecule has 140 valence electrons. The molecule has 4 rings (SSSR count). The Kier molecular flexibility index (Phi) is 4.79. The molecule has 0 atom stereocenters. The van der Waals surface area contributed by atoms with E-state index in [-0.39, 0.29) is 5.69 Å². The standard InChI is InChI=1S/C19H14F2N6S/c1-28-14-4-2-3-12(7-14)18-19(26(11-24-18)10-16(20)21)15-5-6-17-23-9-13(8-22)27(17)25-15/h2-7,9,11,16H,10H2,1H3. The van der Waals surface area contributed by atoms with Gasteiger partial charge in [-0.05, 0) is 30.5 Å². The molecular weight excluding hydrogens is 382 g/mol. The minimum Gasteiger partial charge on any atom is -0.323 e. The Labute approximate surface area is 163 Å². The fraction of sp³-hybridized carbons (Fsp3) is 0.158. The van der Waals surface area contributed by atoms with Crippen molar-refractivity contribution in [1.82, 2.24) is 24.1 Å². The highest BCUT2D eigenvalue weighted by molar-refractivity contribution is 7.98. The topological polar surface area (TPSA) is 71.8 Å². The van der Waals surface area contributed by atoms with Crippen LogP contribution in [-0.2, 0) is 6.54 Å². The van der Waals surface area contributed by atoms with Crippen molar-refractivity contribution in [3.05, 3.63) is 54.6 Å². The summed E-state index contributed by atoms with van der Waals surface area (Å²) in [4.78, 5) is 9.55. The van der Waals surface area contributed by atoms with Gasteiger partial charge in [0.1, 0.15) is 11.8 Å². The van der Waals surface area contributed by atoms with E-state index in [0.29, 0.717) is 22.7 Å². The van der Waals surface area contributed by atoms with Gasteiger partial charge < -0.3 is 4.57 Å². The predicted molar refractivity (Wildman–Crippen MR) is 102 cm³/mol. The minimum atomic E-state index is -2.54. The van der Waals surface area contributed by atoms with Crippen LogP contribution in [0.5, 0.6) is 0 Å². The number of fused-ring (bicyclic) bond motifs is 1. The molecule has 6 nitrogen and oxygen atoms in total. The van der Waals surface area contributed by atoms with Crippen molar-refractivity contribution < 1.29 is 8.78 Å². The van der Waals surface area contributed by atoms with Crippen LogP contribution in [0.1, 0.15) is 5.69 Å². The Hall–Kier alpha value is -3.25. The lowest BCUT2D eigenvalue weighted by atomic mass is 10.1.